The number of benzene rings is 2. The fourth-order valence-corrected chi connectivity index (χ4v) is 4.53. The molecule has 1 atom stereocenters. The van der Waals surface area contributed by atoms with Crippen molar-refractivity contribution >= 4 is 22.4 Å². The van der Waals surface area contributed by atoms with Gasteiger partial charge in [-0.1, -0.05) is 48.6 Å². The van der Waals surface area contributed by atoms with E-state index in [1.165, 1.54) is 15.9 Å². The predicted molar refractivity (Wildman–Crippen MR) is 135 cm³/mol. The van der Waals surface area contributed by atoms with Crippen LogP contribution in [0.5, 0.6) is 5.75 Å². The van der Waals surface area contributed by atoms with Gasteiger partial charge in [0.05, 0.1) is 23.0 Å². The molecule has 0 spiro atoms. The van der Waals surface area contributed by atoms with Crippen molar-refractivity contribution in [1.29, 1.82) is 0 Å². The van der Waals surface area contributed by atoms with E-state index in [2.05, 4.69) is 23.6 Å². The largest absolute Gasteiger partial charge is 0.497 e. The van der Waals surface area contributed by atoms with Crippen molar-refractivity contribution in [2.24, 2.45) is 0 Å². The number of aromatic nitrogens is 5. The zero-order chi connectivity index (χ0) is 23.8. The summed E-state index contributed by atoms with van der Waals surface area (Å²) in [5.41, 5.74) is 4.32. The van der Waals surface area contributed by atoms with Crippen molar-refractivity contribution in [3.8, 4) is 22.8 Å². The monoisotopic (exact) mass is 469 g/mol. The second-order valence-electron chi connectivity index (χ2n) is 8.09. The van der Waals surface area contributed by atoms with E-state index in [0.29, 0.717) is 15.3 Å². The van der Waals surface area contributed by atoms with Crippen LogP contribution in [-0.4, -0.2) is 31.5 Å². The molecule has 34 heavy (non-hydrogen) atoms. The summed E-state index contributed by atoms with van der Waals surface area (Å²) >= 11 is 1.31. The zero-order valence-electron chi connectivity index (χ0n) is 19.1. The van der Waals surface area contributed by atoms with E-state index in [1.807, 2.05) is 78.5 Å². The van der Waals surface area contributed by atoms with Crippen LogP contribution in [0.3, 0.4) is 0 Å². The molecule has 1 unspecified atom stereocenters. The van der Waals surface area contributed by atoms with E-state index in [4.69, 9.17) is 9.84 Å². The molecule has 3 aromatic heterocycles. The molecule has 2 aromatic carbocycles. The second-order valence-corrected chi connectivity index (χ2v) is 9.10. The van der Waals surface area contributed by atoms with Crippen LogP contribution in [0.15, 0.2) is 77.7 Å². The fraction of sp³-hybridized carbons (Fsp3) is 0.154. The summed E-state index contributed by atoms with van der Waals surface area (Å²) in [7, 11) is 1.62. The summed E-state index contributed by atoms with van der Waals surface area (Å²) in [5.74, 6) is 1.29. The molecule has 0 bridgehead atoms. The highest BCUT2D eigenvalue weighted by Gasteiger charge is 2.18. The molecule has 0 fully saturated rings. The number of allylic oxidation sites excluding steroid dienone is 1. The number of ether oxygens (including phenoxy) is 1. The number of hydrogen-bond donors (Lipinski definition) is 0. The van der Waals surface area contributed by atoms with Crippen LogP contribution in [0.4, 0.5) is 0 Å². The third-order valence-corrected chi connectivity index (χ3v) is 6.72. The third-order valence-electron chi connectivity index (χ3n) is 5.76. The molecule has 0 aliphatic heterocycles. The molecular formula is C26H23N5O2S. The summed E-state index contributed by atoms with van der Waals surface area (Å²) in [5, 5.41) is 9.26. The Morgan fingerprint density at radius 1 is 1.12 bits per heavy atom. The van der Waals surface area contributed by atoms with E-state index in [-0.39, 0.29) is 11.5 Å². The zero-order valence-corrected chi connectivity index (χ0v) is 19.9. The van der Waals surface area contributed by atoms with Gasteiger partial charge in [-0.15, -0.1) is 5.10 Å². The van der Waals surface area contributed by atoms with Gasteiger partial charge in [0.1, 0.15) is 5.75 Å². The molecule has 170 valence electrons. The second kappa shape index (κ2) is 8.72. The van der Waals surface area contributed by atoms with Gasteiger partial charge in [-0.2, -0.15) is 14.6 Å². The number of thiazole rings is 1. The van der Waals surface area contributed by atoms with Gasteiger partial charge >= 0.3 is 0 Å². The van der Waals surface area contributed by atoms with Crippen molar-refractivity contribution in [1.82, 2.24) is 24.4 Å². The average Bonchev–Trinajstić information content (AvgIpc) is 3.54. The van der Waals surface area contributed by atoms with Gasteiger partial charge in [0.2, 0.25) is 4.96 Å². The number of hydrogen-bond acceptors (Lipinski definition) is 6. The van der Waals surface area contributed by atoms with Crippen LogP contribution in [-0.2, 0) is 0 Å². The Hall–Kier alpha value is -4.04. The summed E-state index contributed by atoms with van der Waals surface area (Å²) < 4.78 is 8.95. The highest BCUT2D eigenvalue weighted by molar-refractivity contribution is 7.15. The van der Waals surface area contributed by atoms with E-state index >= 15 is 0 Å². The molecule has 7 nitrogen and oxygen atoms in total. The van der Waals surface area contributed by atoms with Gasteiger partial charge in [0.25, 0.3) is 5.56 Å². The number of nitrogens with zero attached hydrogens (tertiary/aromatic N) is 5. The van der Waals surface area contributed by atoms with E-state index in [1.54, 1.807) is 7.11 Å². The summed E-state index contributed by atoms with van der Waals surface area (Å²) in [6.45, 7) is 8.15. The Labute approximate surface area is 200 Å². The summed E-state index contributed by atoms with van der Waals surface area (Å²) in [4.78, 5) is 18.3. The van der Waals surface area contributed by atoms with Gasteiger partial charge in [-0.25, -0.2) is 4.68 Å². The van der Waals surface area contributed by atoms with Crippen LogP contribution in [0.25, 0.3) is 28.1 Å². The topological polar surface area (TPSA) is 74.3 Å². The molecule has 8 heteroatoms. The average molecular weight is 470 g/mol. The lowest BCUT2D eigenvalue weighted by Crippen LogP contribution is -2.23. The van der Waals surface area contributed by atoms with Gasteiger partial charge in [-0.3, -0.25) is 4.79 Å². The van der Waals surface area contributed by atoms with Gasteiger partial charge in [-0.05, 0) is 49.4 Å². The quantitative estimate of drug-likeness (QED) is 0.348. The predicted octanol–water partition coefficient (Wildman–Crippen LogP) is 4.24. The third kappa shape index (κ3) is 3.92. The lowest BCUT2D eigenvalue weighted by molar-refractivity contribution is 0.415. The number of para-hydroxylation sites is 1. The molecular weight excluding hydrogens is 446 g/mol. The number of methoxy groups -OCH3 is 1. The van der Waals surface area contributed by atoms with Crippen LogP contribution < -0.4 is 14.8 Å². The van der Waals surface area contributed by atoms with Gasteiger partial charge in [0, 0.05) is 23.2 Å². The molecule has 3 heterocycles. The molecule has 0 saturated carbocycles. The molecule has 5 rings (SSSR count). The molecule has 0 aliphatic carbocycles. The first kappa shape index (κ1) is 21.8. The highest BCUT2D eigenvalue weighted by atomic mass is 32.1. The van der Waals surface area contributed by atoms with Crippen LogP contribution in [0, 0.1) is 0 Å². The minimum Gasteiger partial charge on any atom is -0.497 e. The van der Waals surface area contributed by atoms with Crippen LogP contribution >= 0.6 is 11.3 Å². The van der Waals surface area contributed by atoms with Crippen LogP contribution in [0.2, 0.25) is 0 Å². The Bertz CT molecular complexity index is 1600. The molecule has 5 aromatic rings. The summed E-state index contributed by atoms with van der Waals surface area (Å²) in [6, 6.07) is 17.3. The van der Waals surface area contributed by atoms with Gasteiger partial charge in [0.15, 0.2) is 5.82 Å². The Morgan fingerprint density at radius 2 is 1.85 bits per heavy atom. The molecule has 0 saturated heterocycles. The van der Waals surface area contributed by atoms with E-state index < -0.39 is 0 Å². The smallest absolute Gasteiger partial charge is 0.291 e. The van der Waals surface area contributed by atoms with E-state index in [9.17, 15) is 4.79 Å². The minimum absolute atomic E-state index is 0.0372. The first-order valence-corrected chi connectivity index (χ1v) is 11.6. The Balaban J connectivity index is 1.59. The maximum Gasteiger partial charge on any atom is 0.291 e. The maximum atomic E-state index is 13.1. The maximum absolute atomic E-state index is 13.1. The normalized spacial score (nSPS) is 12.9. The SMILES string of the molecule is C=C(C)C(C)c1nn(-c2ccccc2)cc1/C=c1\sc2nc(-c3ccc(OC)cc3)nn2c1=O. The number of rotatable bonds is 6. The van der Waals surface area contributed by atoms with Gasteiger partial charge < -0.3 is 4.74 Å². The Kier molecular flexibility index (Phi) is 5.59. The van der Waals surface area contributed by atoms with Crippen molar-refractivity contribution in [3.63, 3.8) is 0 Å². The highest BCUT2D eigenvalue weighted by Crippen LogP contribution is 2.26. The standard InChI is InChI=1S/C26H23N5O2S/c1-16(2)17(3)23-19(15-30(28-23)20-8-6-5-7-9-20)14-22-25(32)31-26(34-22)27-24(29-31)18-10-12-21(33-4)13-11-18/h5-15,17H,1H2,2-4H3/b22-14-. The number of fused-ring (bicyclic) bond motifs is 1. The van der Waals surface area contributed by atoms with Crippen LogP contribution in [0.1, 0.15) is 31.0 Å². The van der Waals surface area contributed by atoms with Crippen molar-refractivity contribution < 1.29 is 4.74 Å². The van der Waals surface area contributed by atoms with Crippen molar-refractivity contribution in [2.45, 2.75) is 19.8 Å². The minimum atomic E-state index is -0.200. The lowest BCUT2D eigenvalue weighted by atomic mass is 9.97. The fourth-order valence-electron chi connectivity index (χ4n) is 3.63. The lowest BCUT2D eigenvalue weighted by Gasteiger charge is -2.08. The Morgan fingerprint density at radius 3 is 2.50 bits per heavy atom. The van der Waals surface area contributed by atoms with Crippen molar-refractivity contribution in [2.75, 3.05) is 7.11 Å². The molecule has 0 N–H and O–H groups in total. The molecule has 0 amide bonds. The first-order valence-electron chi connectivity index (χ1n) is 10.8. The molecule has 0 radical (unpaired) electrons. The van der Waals surface area contributed by atoms with Crippen molar-refractivity contribution in [3.05, 3.63) is 99.1 Å². The summed E-state index contributed by atoms with van der Waals surface area (Å²) in [6.07, 6.45) is 3.82. The molecule has 0 aliphatic rings. The van der Waals surface area contributed by atoms with E-state index in [0.717, 1.165) is 33.8 Å². The first-order chi connectivity index (χ1) is 16.4.